The standard InChI is InChI=1S/C23H30N6O2/c1-6-20(31-15(2)3)11-19-12-22(28-27-17(19)5)23-24-9-7-21(26-23)18-8-10-29(25-13-18)16(4)14-30/h6-9,11,13,15-16,27,30H,1,10,12,14H2,2-5H3/b20-11+. The summed E-state index contributed by atoms with van der Waals surface area (Å²) in [6.07, 6.45) is 9.87. The van der Waals surface area contributed by atoms with Crippen molar-refractivity contribution >= 4 is 17.5 Å². The molecule has 1 atom stereocenters. The highest BCUT2D eigenvalue weighted by Crippen LogP contribution is 2.21. The molecule has 0 saturated heterocycles. The van der Waals surface area contributed by atoms with Crippen molar-refractivity contribution in [3.05, 3.63) is 65.6 Å². The molecule has 164 valence electrons. The number of ether oxygens (including phenoxy) is 1. The van der Waals surface area contributed by atoms with E-state index < -0.39 is 0 Å². The van der Waals surface area contributed by atoms with Gasteiger partial charge in [-0.2, -0.15) is 10.2 Å². The third-order valence-electron chi connectivity index (χ3n) is 4.91. The fourth-order valence-electron chi connectivity index (χ4n) is 3.09. The van der Waals surface area contributed by atoms with Crippen LogP contribution in [0.15, 0.2) is 64.3 Å². The van der Waals surface area contributed by atoms with Crippen molar-refractivity contribution in [1.29, 1.82) is 0 Å². The lowest BCUT2D eigenvalue weighted by Gasteiger charge is -2.26. The van der Waals surface area contributed by atoms with E-state index in [-0.39, 0.29) is 18.8 Å². The molecule has 8 nitrogen and oxygen atoms in total. The molecule has 0 spiro atoms. The number of nitrogens with one attached hydrogen (secondary N) is 1. The van der Waals surface area contributed by atoms with Crippen molar-refractivity contribution in [3.8, 4) is 0 Å². The molecule has 2 aliphatic rings. The largest absolute Gasteiger partial charge is 0.491 e. The number of allylic oxidation sites excluding steroid dienone is 5. The molecule has 0 aromatic carbocycles. The molecule has 3 heterocycles. The Morgan fingerprint density at radius 2 is 2.19 bits per heavy atom. The summed E-state index contributed by atoms with van der Waals surface area (Å²) in [7, 11) is 0. The average molecular weight is 423 g/mol. The van der Waals surface area contributed by atoms with Gasteiger partial charge in [0.05, 0.1) is 37.2 Å². The lowest BCUT2D eigenvalue weighted by atomic mass is 10.0. The normalized spacial score (nSPS) is 17.9. The lowest BCUT2D eigenvalue weighted by molar-refractivity contribution is 0.150. The maximum Gasteiger partial charge on any atom is 0.176 e. The maximum absolute atomic E-state index is 9.31. The van der Waals surface area contributed by atoms with Crippen LogP contribution in [-0.2, 0) is 4.74 Å². The van der Waals surface area contributed by atoms with Crippen molar-refractivity contribution in [2.75, 3.05) is 13.2 Å². The Hall–Kier alpha value is -3.26. The fourth-order valence-corrected chi connectivity index (χ4v) is 3.09. The molecule has 3 rings (SSSR count). The Bertz CT molecular complexity index is 974. The highest BCUT2D eigenvalue weighted by atomic mass is 16.5. The highest BCUT2D eigenvalue weighted by molar-refractivity contribution is 6.09. The number of rotatable bonds is 8. The zero-order valence-electron chi connectivity index (χ0n) is 18.5. The molecule has 0 amide bonds. The Labute approximate surface area is 183 Å². The first kappa shape index (κ1) is 22.4. The predicted molar refractivity (Wildman–Crippen MR) is 123 cm³/mol. The number of aliphatic hydroxyl groups is 1. The number of hydrazone groups is 2. The molecular weight excluding hydrogens is 392 g/mol. The van der Waals surface area contributed by atoms with Gasteiger partial charge in [-0.3, -0.25) is 10.4 Å². The monoisotopic (exact) mass is 422 g/mol. The summed E-state index contributed by atoms with van der Waals surface area (Å²) in [6.45, 7) is 12.4. The van der Waals surface area contributed by atoms with E-state index in [2.05, 4.69) is 27.2 Å². The van der Waals surface area contributed by atoms with Gasteiger partial charge in [0.15, 0.2) is 5.82 Å². The van der Waals surface area contributed by atoms with Gasteiger partial charge in [-0.15, -0.1) is 0 Å². The molecule has 1 aromatic heterocycles. The molecular formula is C23H30N6O2. The molecule has 8 heteroatoms. The molecule has 0 saturated carbocycles. The summed E-state index contributed by atoms with van der Waals surface area (Å²) in [6, 6.07) is 1.83. The summed E-state index contributed by atoms with van der Waals surface area (Å²) < 4.78 is 5.79. The van der Waals surface area contributed by atoms with E-state index in [0.29, 0.717) is 24.5 Å². The Balaban J connectivity index is 1.78. The van der Waals surface area contributed by atoms with Gasteiger partial charge < -0.3 is 9.84 Å². The summed E-state index contributed by atoms with van der Waals surface area (Å²) in [5, 5.41) is 20.0. The number of aliphatic hydroxyl groups excluding tert-OH is 1. The second kappa shape index (κ2) is 10.2. The molecule has 2 aliphatic heterocycles. The smallest absolute Gasteiger partial charge is 0.176 e. The second-order valence-corrected chi connectivity index (χ2v) is 7.74. The number of nitrogens with zero attached hydrogens (tertiary/aromatic N) is 5. The maximum atomic E-state index is 9.31. The van der Waals surface area contributed by atoms with Gasteiger partial charge >= 0.3 is 0 Å². The quantitative estimate of drug-likeness (QED) is 0.494. The van der Waals surface area contributed by atoms with Gasteiger partial charge in [0.1, 0.15) is 11.5 Å². The van der Waals surface area contributed by atoms with Gasteiger partial charge in [0.2, 0.25) is 0 Å². The first-order chi connectivity index (χ1) is 14.9. The average Bonchev–Trinajstić information content (AvgIpc) is 2.79. The number of hydrogen-bond acceptors (Lipinski definition) is 8. The van der Waals surface area contributed by atoms with Crippen LogP contribution in [-0.4, -0.2) is 57.3 Å². The van der Waals surface area contributed by atoms with Crippen LogP contribution in [0.3, 0.4) is 0 Å². The van der Waals surface area contributed by atoms with Crippen molar-refractivity contribution < 1.29 is 9.84 Å². The Morgan fingerprint density at radius 3 is 2.84 bits per heavy atom. The molecule has 0 fully saturated rings. The molecule has 1 aromatic rings. The molecule has 0 aliphatic carbocycles. The third kappa shape index (κ3) is 5.67. The van der Waals surface area contributed by atoms with Crippen LogP contribution in [0.5, 0.6) is 0 Å². The first-order valence-corrected chi connectivity index (χ1v) is 10.4. The molecule has 2 N–H and O–H groups in total. The minimum atomic E-state index is -0.0284. The van der Waals surface area contributed by atoms with E-state index in [0.717, 1.165) is 28.2 Å². The second-order valence-electron chi connectivity index (χ2n) is 7.74. The van der Waals surface area contributed by atoms with Crippen molar-refractivity contribution in [1.82, 2.24) is 20.4 Å². The van der Waals surface area contributed by atoms with Gasteiger partial charge in [0, 0.05) is 23.9 Å². The van der Waals surface area contributed by atoms with Gasteiger partial charge in [0.25, 0.3) is 0 Å². The first-order valence-electron chi connectivity index (χ1n) is 10.4. The van der Waals surface area contributed by atoms with E-state index in [1.54, 1.807) is 18.5 Å². The minimum Gasteiger partial charge on any atom is -0.491 e. The van der Waals surface area contributed by atoms with Crippen LogP contribution in [0.2, 0.25) is 0 Å². The lowest BCUT2D eigenvalue weighted by Crippen LogP contribution is -2.33. The molecule has 0 radical (unpaired) electrons. The van der Waals surface area contributed by atoms with Crippen LogP contribution < -0.4 is 5.43 Å². The zero-order valence-corrected chi connectivity index (χ0v) is 18.5. The predicted octanol–water partition coefficient (Wildman–Crippen LogP) is 3.01. The highest BCUT2D eigenvalue weighted by Gasteiger charge is 2.19. The van der Waals surface area contributed by atoms with Gasteiger partial charge in [-0.05, 0) is 51.5 Å². The third-order valence-corrected chi connectivity index (χ3v) is 4.91. The number of aromatic nitrogens is 2. The van der Waals surface area contributed by atoms with Crippen LogP contribution in [0, 0.1) is 0 Å². The summed E-state index contributed by atoms with van der Waals surface area (Å²) in [5.41, 5.74) is 7.51. The Morgan fingerprint density at radius 1 is 1.39 bits per heavy atom. The van der Waals surface area contributed by atoms with E-state index in [4.69, 9.17) is 9.72 Å². The topological polar surface area (TPSA) is 95.2 Å². The van der Waals surface area contributed by atoms with E-state index in [9.17, 15) is 5.11 Å². The summed E-state index contributed by atoms with van der Waals surface area (Å²) >= 11 is 0. The zero-order chi connectivity index (χ0) is 22.4. The summed E-state index contributed by atoms with van der Waals surface area (Å²) in [5.74, 6) is 1.28. The molecule has 31 heavy (non-hydrogen) atoms. The van der Waals surface area contributed by atoms with Crippen LogP contribution in [0.4, 0.5) is 0 Å². The van der Waals surface area contributed by atoms with Crippen molar-refractivity contribution in [3.63, 3.8) is 0 Å². The van der Waals surface area contributed by atoms with Crippen molar-refractivity contribution in [2.45, 2.75) is 46.3 Å². The van der Waals surface area contributed by atoms with E-state index >= 15 is 0 Å². The van der Waals surface area contributed by atoms with Crippen molar-refractivity contribution in [2.24, 2.45) is 10.2 Å². The van der Waals surface area contributed by atoms with Gasteiger partial charge in [-0.25, -0.2) is 9.97 Å². The van der Waals surface area contributed by atoms with Gasteiger partial charge in [-0.1, -0.05) is 12.7 Å². The van der Waals surface area contributed by atoms with E-state index in [1.165, 1.54) is 0 Å². The van der Waals surface area contributed by atoms with E-state index in [1.807, 2.05) is 50.9 Å². The SMILES string of the molecule is C=C/C(=C\C1=C(C)NN=C(c2nccc(C3=CCN(C(C)CO)N=C3)n2)C1)OC(C)C. The molecule has 0 bridgehead atoms. The minimum absolute atomic E-state index is 0.0284. The fraction of sp³-hybridized carbons (Fsp3) is 0.391. The van der Waals surface area contributed by atoms with Crippen LogP contribution in [0.25, 0.3) is 5.57 Å². The Kier molecular flexibility index (Phi) is 7.36. The number of hydrogen-bond donors (Lipinski definition) is 2. The van der Waals surface area contributed by atoms with Crippen LogP contribution >= 0.6 is 0 Å². The summed E-state index contributed by atoms with van der Waals surface area (Å²) in [4.78, 5) is 9.14. The van der Waals surface area contributed by atoms with Crippen LogP contribution in [0.1, 0.15) is 45.6 Å². The molecule has 1 unspecified atom stereocenters.